The highest BCUT2D eigenvalue weighted by Crippen LogP contribution is 2.37. The fraction of sp³-hybridized carbons (Fsp3) is 0.282. The second-order valence-corrected chi connectivity index (χ2v) is 17.2. The zero-order valence-corrected chi connectivity index (χ0v) is 32.0. The average Bonchev–Trinajstić information content (AvgIpc) is 3.73. The van der Waals surface area contributed by atoms with E-state index in [1.807, 2.05) is 18.2 Å². The molecule has 15 heteroatoms. The van der Waals surface area contributed by atoms with E-state index in [-0.39, 0.29) is 40.9 Å². The summed E-state index contributed by atoms with van der Waals surface area (Å²) >= 11 is 7.18. The van der Waals surface area contributed by atoms with Gasteiger partial charge in [0.05, 0.1) is 26.2 Å². The number of likely N-dealkylation sites (tertiary alicyclic amines) is 1. The number of hydrogen-bond donors (Lipinski definition) is 4. The summed E-state index contributed by atoms with van der Waals surface area (Å²) in [6, 6.07) is 21.9. The largest absolute Gasteiger partial charge is 0.508 e. The molecule has 0 bridgehead atoms. The number of thiophene rings is 1. The molecule has 2 aliphatic heterocycles. The van der Waals surface area contributed by atoms with Gasteiger partial charge in [-0.05, 0) is 103 Å². The number of carbonyl (C=O) groups excluding carboxylic acids is 2. The van der Waals surface area contributed by atoms with E-state index in [0.29, 0.717) is 22.8 Å². The smallest absolute Gasteiger partial charge is 0.349 e. The van der Waals surface area contributed by atoms with Gasteiger partial charge in [0.15, 0.2) is 15.7 Å². The van der Waals surface area contributed by atoms with Gasteiger partial charge in [0, 0.05) is 27.4 Å². The second kappa shape index (κ2) is 15.4. The van der Waals surface area contributed by atoms with Crippen LogP contribution in [0.15, 0.2) is 89.1 Å². The van der Waals surface area contributed by atoms with Gasteiger partial charge in [0.2, 0.25) is 12.7 Å². The van der Waals surface area contributed by atoms with Crippen molar-refractivity contribution in [2.45, 2.75) is 49.0 Å². The van der Waals surface area contributed by atoms with Crippen LogP contribution in [0.1, 0.15) is 29.5 Å². The van der Waals surface area contributed by atoms with E-state index in [9.17, 15) is 23.1 Å². The molecular weight excluding hydrogens is 752 g/mol. The molecule has 4 aromatic carbocycles. The number of aryl methyl sites for hydroxylation is 1. The number of piperidine rings is 1. The molecule has 3 atom stereocenters. The molecule has 4 N–H and O–H groups in total. The Bertz CT molecular complexity index is 2300. The maximum Gasteiger partial charge on any atom is 0.349 e. The van der Waals surface area contributed by atoms with Gasteiger partial charge < -0.3 is 39.2 Å². The normalized spacial score (nSPS) is 18.5. The lowest BCUT2D eigenvalue weighted by Crippen LogP contribution is -2.59. The first-order chi connectivity index (χ1) is 25.8. The maximum atomic E-state index is 13.8. The highest BCUT2D eigenvalue weighted by Gasteiger charge is 2.34. The molecule has 0 saturated carbocycles. The van der Waals surface area contributed by atoms with Crippen LogP contribution in [0.3, 0.4) is 0 Å². The number of carbonyl (C=O) groups is 2. The Morgan fingerprint density at radius 3 is 2.52 bits per heavy atom. The van der Waals surface area contributed by atoms with E-state index >= 15 is 0 Å². The quantitative estimate of drug-likeness (QED) is 0.0850. The van der Waals surface area contributed by atoms with E-state index in [2.05, 4.69) is 23.0 Å². The SMILES string of the molecule is Cc1c(S(=O)(=O)Oc2ccc(NC(=O)N[C@@H](Cc3ccc(O)cc3)C(=O)N[C@H]3CCC[N+](C)(Cc4ccc5c(c4)OCO5)C3)cc2)sc2cc(Cl)ccc12. The number of nitrogens with zero attached hydrogens (tertiary/aromatic N) is 1. The van der Waals surface area contributed by atoms with Crippen molar-refractivity contribution in [1.82, 2.24) is 10.6 Å². The average molecular weight is 792 g/mol. The van der Waals surface area contributed by atoms with E-state index in [1.165, 1.54) is 36.4 Å². The molecule has 0 radical (unpaired) electrons. The molecule has 1 unspecified atom stereocenters. The zero-order chi connectivity index (χ0) is 38.0. The number of nitrogens with one attached hydrogen (secondary N) is 3. The first kappa shape index (κ1) is 37.3. The molecule has 1 aromatic heterocycles. The van der Waals surface area contributed by atoms with Crippen LogP contribution in [-0.4, -0.2) is 69.0 Å². The first-order valence-electron chi connectivity index (χ1n) is 17.4. The molecule has 54 heavy (non-hydrogen) atoms. The molecule has 0 spiro atoms. The number of benzene rings is 4. The summed E-state index contributed by atoms with van der Waals surface area (Å²) in [6.45, 7) is 4.36. The summed E-state index contributed by atoms with van der Waals surface area (Å²) in [6.07, 6.45) is 1.91. The molecule has 5 aromatic rings. The van der Waals surface area contributed by atoms with Gasteiger partial charge >= 0.3 is 16.1 Å². The number of fused-ring (bicyclic) bond motifs is 2. The first-order valence-corrected chi connectivity index (χ1v) is 20.0. The predicted octanol–water partition coefficient (Wildman–Crippen LogP) is 6.72. The van der Waals surface area contributed by atoms with E-state index in [1.54, 1.807) is 37.3 Å². The van der Waals surface area contributed by atoms with Gasteiger partial charge in [-0.2, -0.15) is 8.42 Å². The number of phenolic OH excluding ortho intramolecular Hbond substituents is 1. The number of urea groups is 1. The molecule has 282 valence electrons. The Morgan fingerprint density at radius 1 is 1.00 bits per heavy atom. The monoisotopic (exact) mass is 791 g/mol. The minimum atomic E-state index is -4.15. The number of hydrogen-bond acceptors (Lipinski definition) is 9. The number of phenols is 1. The molecule has 1 fully saturated rings. The number of rotatable bonds is 11. The molecule has 1 saturated heterocycles. The minimum Gasteiger partial charge on any atom is -0.508 e. The van der Waals surface area contributed by atoms with Crippen molar-refractivity contribution >= 4 is 60.8 Å². The van der Waals surface area contributed by atoms with Crippen LogP contribution in [-0.2, 0) is 27.9 Å². The van der Waals surface area contributed by atoms with Crippen LogP contribution in [0.2, 0.25) is 5.02 Å². The van der Waals surface area contributed by atoms with Gasteiger partial charge in [-0.15, -0.1) is 11.3 Å². The van der Waals surface area contributed by atoms with Gasteiger partial charge in [0.1, 0.15) is 24.1 Å². The minimum absolute atomic E-state index is 0.0665. The van der Waals surface area contributed by atoms with Crippen LogP contribution in [0, 0.1) is 6.92 Å². The number of amides is 3. The Labute approximate surface area is 322 Å². The summed E-state index contributed by atoms with van der Waals surface area (Å²) in [4.78, 5) is 27.1. The third-order valence-electron chi connectivity index (χ3n) is 9.66. The van der Waals surface area contributed by atoms with E-state index in [0.717, 1.165) is 74.5 Å². The van der Waals surface area contributed by atoms with Gasteiger partial charge in [0.25, 0.3) is 0 Å². The van der Waals surface area contributed by atoms with Gasteiger partial charge in [-0.1, -0.05) is 29.8 Å². The highest BCUT2D eigenvalue weighted by molar-refractivity contribution is 7.89. The van der Waals surface area contributed by atoms with Crippen LogP contribution in [0.4, 0.5) is 10.5 Å². The van der Waals surface area contributed by atoms with Gasteiger partial charge in [-0.3, -0.25) is 4.79 Å². The molecular formula is C39H40ClN4O8S2+. The van der Waals surface area contributed by atoms with Crippen molar-refractivity contribution in [3.05, 3.63) is 107 Å². The summed E-state index contributed by atoms with van der Waals surface area (Å²) in [7, 11) is -1.97. The number of aromatic hydroxyl groups is 1. The molecule has 0 aliphatic carbocycles. The number of ether oxygens (including phenoxy) is 2. The highest BCUT2D eigenvalue weighted by atomic mass is 35.5. The number of likely N-dealkylation sites (N-methyl/N-ethyl adjacent to an activating group) is 1. The molecule has 3 heterocycles. The topological polar surface area (TPSA) is 152 Å². The Balaban J connectivity index is 0.993. The fourth-order valence-corrected chi connectivity index (χ4v) is 9.97. The second-order valence-electron chi connectivity index (χ2n) is 14.0. The predicted molar refractivity (Wildman–Crippen MR) is 207 cm³/mol. The summed E-state index contributed by atoms with van der Waals surface area (Å²) in [5.74, 6) is 1.31. The van der Waals surface area contributed by atoms with Crippen LogP contribution in [0.25, 0.3) is 10.1 Å². The van der Waals surface area contributed by atoms with Crippen molar-refractivity contribution in [2.24, 2.45) is 0 Å². The third-order valence-corrected chi connectivity index (χ3v) is 13.0. The zero-order valence-electron chi connectivity index (χ0n) is 29.6. The standard InChI is InChI=1S/C39H39ClN4O8S2/c1-24-32-15-8-27(40)20-36(32)53-38(24)54(48,49)52-31-13-9-28(10-14-31)42-39(47)43-33(18-25-5-11-30(45)12-6-25)37(46)41-29-4-3-17-44(2,22-29)21-26-7-16-34-35(19-26)51-23-50-34/h5-16,19-20,29,33H,3-4,17-18,21-23H2,1-2H3,(H3-,41,42,43,45,46,47)/p+1/t29-,33-,44?/m0/s1. The maximum absolute atomic E-state index is 13.8. The van der Waals surface area contributed by atoms with Crippen LogP contribution >= 0.6 is 22.9 Å². The lowest BCUT2D eigenvalue weighted by atomic mass is 10.00. The summed E-state index contributed by atoms with van der Waals surface area (Å²) in [5.41, 5.74) is 2.80. The van der Waals surface area contributed by atoms with Crippen molar-refractivity contribution in [1.29, 1.82) is 0 Å². The Morgan fingerprint density at radius 2 is 1.74 bits per heavy atom. The molecule has 7 rings (SSSR count). The molecule has 2 aliphatic rings. The Kier molecular flexibility index (Phi) is 10.6. The summed E-state index contributed by atoms with van der Waals surface area (Å²) < 4.78 is 44.4. The molecule has 12 nitrogen and oxygen atoms in total. The fourth-order valence-electron chi connectivity index (χ4n) is 7.05. The third kappa shape index (κ3) is 8.68. The van der Waals surface area contributed by atoms with Crippen molar-refractivity contribution < 1.29 is 41.3 Å². The Hall–Kier alpha value is -5.02. The van der Waals surface area contributed by atoms with Crippen molar-refractivity contribution in [3.63, 3.8) is 0 Å². The lowest BCUT2D eigenvalue weighted by molar-refractivity contribution is -0.927. The summed E-state index contributed by atoms with van der Waals surface area (Å²) in [5, 5.41) is 19.8. The lowest BCUT2D eigenvalue weighted by Gasteiger charge is -2.42. The van der Waals surface area contributed by atoms with E-state index in [4.69, 9.17) is 25.3 Å². The van der Waals surface area contributed by atoms with Crippen LogP contribution < -0.4 is 29.6 Å². The van der Waals surface area contributed by atoms with Crippen molar-refractivity contribution in [2.75, 3.05) is 32.2 Å². The van der Waals surface area contributed by atoms with Gasteiger partial charge in [-0.25, -0.2) is 4.79 Å². The number of anilines is 1. The number of halogens is 1. The van der Waals surface area contributed by atoms with Crippen LogP contribution in [0.5, 0.6) is 23.0 Å². The number of quaternary nitrogens is 1. The molecule has 3 amide bonds. The van der Waals surface area contributed by atoms with E-state index < -0.39 is 22.2 Å². The van der Waals surface area contributed by atoms with Crippen molar-refractivity contribution in [3.8, 4) is 23.0 Å².